The van der Waals surface area contributed by atoms with E-state index in [9.17, 15) is 15.0 Å². The van der Waals surface area contributed by atoms with Gasteiger partial charge in [0.15, 0.2) is 0 Å². The summed E-state index contributed by atoms with van der Waals surface area (Å²) in [5, 5.41) is 19.6. The van der Waals surface area contributed by atoms with E-state index < -0.39 is 11.4 Å². The molecule has 6 heteroatoms. The fourth-order valence-corrected chi connectivity index (χ4v) is 3.24. The number of carboxylic acid groups (broad SMARTS) is 1. The average molecular weight is 328 g/mol. The number of methoxy groups -OCH3 is 1. The van der Waals surface area contributed by atoms with Gasteiger partial charge in [0.05, 0.1) is 5.41 Å². The van der Waals surface area contributed by atoms with Crippen LogP contribution in [0.1, 0.15) is 24.8 Å². The van der Waals surface area contributed by atoms with Crippen LogP contribution >= 0.6 is 11.6 Å². The summed E-state index contributed by atoms with van der Waals surface area (Å²) >= 11 is 5.94. The summed E-state index contributed by atoms with van der Waals surface area (Å²) in [4.78, 5) is 13.8. The Kier molecular flexibility index (Phi) is 5.67. The fraction of sp³-hybridized carbons (Fsp3) is 0.562. The van der Waals surface area contributed by atoms with Gasteiger partial charge in [-0.3, -0.25) is 9.69 Å². The number of aliphatic carboxylic acids is 1. The molecule has 1 saturated heterocycles. The number of rotatable bonds is 6. The molecule has 1 aromatic rings. The lowest BCUT2D eigenvalue weighted by Crippen LogP contribution is -2.44. The van der Waals surface area contributed by atoms with Gasteiger partial charge in [-0.25, -0.2) is 0 Å². The first kappa shape index (κ1) is 17.1. The highest BCUT2D eigenvalue weighted by molar-refractivity contribution is 6.30. The molecule has 5 nitrogen and oxygen atoms in total. The molecular formula is C16H22ClNO4. The van der Waals surface area contributed by atoms with Crippen molar-refractivity contribution in [1.82, 2.24) is 4.90 Å². The van der Waals surface area contributed by atoms with Crippen molar-refractivity contribution in [3.8, 4) is 5.75 Å². The minimum Gasteiger partial charge on any atom is -0.508 e. The molecule has 0 atom stereocenters. The summed E-state index contributed by atoms with van der Waals surface area (Å²) in [6.45, 7) is 2.55. The Labute approximate surface area is 135 Å². The van der Waals surface area contributed by atoms with Crippen LogP contribution in [0.15, 0.2) is 18.2 Å². The summed E-state index contributed by atoms with van der Waals surface area (Å²) in [5.74, 6) is -0.580. The van der Waals surface area contributed by atoms with E-state index in [1.54, 1.807) is 13.2 Å². The maximum atomic E-state index is 11.6. The molecule has 0 radical (unpaired) electrons. The molecule has 2 N–H and O–H groups in total. The van der Waals surface area contributed by atoms with Crippen molar-refractivity contribution < 1.29 is 19.7 Å². The number of carbonyl (C=O) groups is 1. The lowest BCUT2D eigenvalue weighted by molar-refractivity contribution is -0.153. The Bertz CT molecular complexity index is 507. The molecule has 0 saturated carbocycles. The van der Waals surface area contributed by atoms with E-state index in [0.717, 1.165) is 5.56 Å². The molecule has 1 aliphatic heterocycles. The minimum atomic E-state index is -0.732. The monoisotopic (exact) mass is 327 g/mol. The second kappa shape index (κ2) is 7.31. The number of piperidine rings is 1. The van der Waals surface area contributed by atoms with E-state index in [0.29, 0.717) is 50.5 Å². The molecule has 0 aliphatic carbocycles. The fourth-order valence-electron chi connectivity index (χ4n) is 2.99. The van der Waals surface area contributed by atoms with Crippen molar-refractivity contribution >= 4 is 17.6 Å². The number of phenolic OH excluding ortho intramolecular Hbond substituents is 1. The van der Waals surface area contributed by atoms with E-state index in [-0.39, 0.29) is 5.75 Å². The second-order valence-corrected chi connectivity index (χ2v) is 6.36. The standard InChI is InChI=1S/C16H22ClNO4/c1-22-7-4-16(15(20)21)2-5-18(6-3-16)11-12-8-13(17)10-14(19)9-12/h8-10,19H,2-7,11H2,1H3,(H,20,21). The predicted molar refractivity (Wildman–Crippen MR) is 84.2 cm³/mol. The van der Waals surface area contributed by atoms with Gasteiger partial charge in [0.1, 0.15) is 5.75 Å². The van der Waals surface area contributed by atoms with Gasteiger partial charge in [-0.2, -0.15) is 0 Å². The van der Waals surface area contributed by atoms with Crippen LogP contribution in [0.3, 0.4) is 0 Å². The van der Waals surface area contributed by atoms with Crippen molar-refractivity contribution in [3.63, 3.8) is 0 Å². The van der Waals surface area contributed by atoms with E-state index >= 15 is 0 Å². The Morgan fingerprint density at radius 3 is 2.59 bits per heavy atom. The van der Waals surface area contributed by atoms with Gasteiger partial charge in [-0.1, -0.05) is 11.6 Å². The second-order valence-electron chi connectivity index (χ2n) is 5.92. The highest BCUT2D eigenvalue weighted by Crippen LogP contribution is 2.36. The molecule has 0 unspecified atom stereocenters. The molecule has 0 spiro atoms. The number of aromatic hydroxyl groups is 1. The zero-order chi connectivity index (χ0) is 16.2. The number of carboxylic acids is 1. The van der Waals surface area contributed by atoms with Crippen molar-refractivity contribution in [3.05, 3.63) is 28.8 Å². The normalized spacial score (nSPS) is 18.3. The maximum absolute atomic E-state index is 11.6. The van der Waals surface area contributed by atoms with Gasteiger partial charge in [0, 0.05) is 25.3 Å². The van der Waals surface area contributed by atoms with Gasteiger partial charge in [-0.15, -0.1) is 0 Å². The van der Waals surface area contributed by atoms with Crippen LogP contribution in [0.4, 0.5) is 0 Å². The topological polar surface area (TPSA) is 70.0 Å². The first-order chi connectivity index (χ1) is 10.4. The lowest BCUT2D eigenvalue weighted by atomic mass is 9.76. The molecule has 0 amide bonds. The zero-order valence-electron chi connectivity index (χ0n) is 12.7. The van der Waals surface area contributed by atoms with Gasteiger partial charge in [0.25, 0.3) is 0 Å². The van der Waals surface area contributed by atoms with Crippen molar-refractivity contribution in [2.24, 2.45) is 5.41 Å². The third kappa shape index (κ3) is 4.12. The number of benzene rings is 1. The molecule has 122 valence electrons. The number of halogens is 1. The van der Waals surface area contributed by atoms with Crippen LogP contribution in [-0.2, 0) is 16.1 Å². The maximum Gasteiger partial charge on any atom is 0.309 e. The third-order valence-electron chi connectivity index (χ3n) is 4.40. The van der Waals surface area contributed by atoms with Crippen LogP contribution in [0, 0.1) is 5.41 Å². The average Bonchev–Trinajstić information content (AvgIpc) is 2.45. The molecule has 1 fully saturated rings. The van der Waals surface area contributed by atoms with Gasteiger partial charge in [0.2, 0.25) is 0 Å². The Balaban J connectivity index is 1.97. The number of nitrogens with zero attached hydrogens (tertiary/aromatic N) is 1. The number of hydrogen-bond donors (Lipinski definition) is 2. The minimum absolute atomic E-state index is 0.152. The third-order valence-corrected chi connectivity index (χ3v) is 4.62. The van der Waals surface area contributed by atoms with Gasteiger partial charge < -0.3 is 14.9 Å². The predicted octanol–water partition coefficient (Wildman–Crippen LogP) is 2.75. The largest absolute Gasteiger partial charge is 0.508 e. The molecule has 22 heavy (non-hydrogen) atoms. The number of phenols is 1. The van der Waals surface area contributed by atoms with Crippen molar-refractivity contribution in [2.75, 3.05) is 26.8 Å². The molecule has 1 aromatic carbocycles. The molecule has 1 aliphatic rings. The molecule has 0 aromatic heterocycles. The SMILES string of the molecule is COCCC1(C(=O)O)CCN(Cc2cc(O)cc(Cl)c2)CC1. The number of likely N-dealkylation sites (tertiary alicyclic amines) is 1. The molecule has 0 bridgehead atoms. The van der Waals surface area contributed by atoms with Crippen LogP contribution in [0.25, 0.3) is 0 Å². The highest BCUT2D eigenvalue weighted by atomic mass is 35.5. The van der Waals surface area contributed by atoms with E-state index in [4.69, 9.17) is 16.3 Å². The van der Waals surface area contributed by atoms with Crippen LogP contribution in [0.5, 0.6) is 5.75 Å². The molecular weight excluding hydrogens is 306 g/mol. The first-order valence-electron chi connectivity index (χ1n) is 7.38. The van der Waals surface area contributed by atoms with E-state index in [1.807, 2.05) is 6.07 Å². The van der Waals surface area contributed by atoms with Crippen LogP contribution in [-0.4, -0.2) is 47.9 Å². The molecule has 2 rings (SSSR count). The Hall–Kier alpha value is -1.30. The number of ether oxygens (including phenoxy) is 1. The van der Waals surface area contributed by atoms with Gasteiger partial charge >= 0.3 is 5.97 Å². The summed E-state index contributed by atoms with van der Waals surface area (Å²) in [6.07, 6.45) is 1.76. The van der Waals surface area contributed by atoms with E-state index in [1.165, 1.54) is 6.07 Å². The Morgan fingerprint density at radius 2 is 2.05 bits per heavy atom. The summed E-state index contributed by atoms with van der Waals surface area (Å²) < 4.78 is 5.05. The van der Waals surface area contributed by atoms with E-state index in [2.05, 4.69) is 4.90 Å². The zero-order valence-corrected chi connectivity index (χ0v) is 13.5. The molecule has 1 heterocycles. The first-order valence-corrected chi connectivity index (χ1v) is 7.76. The summed E-state index contributed by atoms with van der Waals surface area (Å²) in [7, 11) is 1.59. The summed E-state index contributed by atoms with van der Waals surface area (Å²) in [5.41, 5.74) is 0.257. The lowest BCUT2D eigenvalue weighted by Gasteiger charge is -2.38. The van der Waals surface area contributed by atoms with Crippen LogP contribution in [0.2, 0.25) is 5.02 Å². The van der Waals surface area contributed by atoms with Crippen molar-refractivity contribution in [2.45, 2.75) is 25.8 Å². The smallest absolute Gasteiger partial charge is 0.309 e. The number of hydrogen-bond acceptors (Lipinski definition) is 4. The van der Waals surface area contributed by atoms with Gasteiger partial charge in [-0.05, 0) is 56.1 Å². The summed E-state index contributed by atoms with van der Waals surface area (Å²) in [6, 6.07) is 5.02. The quantitative estimate of drug-likeness (QED) is 0.840. The van der Waals surface area contributed by atoms with Crippen LogP contribution < -0.4 is 0 Å². The van der Waals surface area contributed by atoms with Crippen molar-refractivity contribution in [1.29, 1.82) is 0 Å². The Morgan fingerprint density at radius 1 is 1.36 bits per heavy atom. The highest BCUT2D eigenvalue weighted by Gasteiger charge is 2.41.